The van der Waals surface area contributed by atoms with E-state index in [0.29, 0.717) is 11.2 Å². The Hall–Kier alpha value is 1.70. The van der Waals surface area contributed by atoms with Gasteiger partial charge in [0, 0.05) is 0 Å². The van der Waals surface area contributed by atoms with Crippen LogP contribution in [-0.2, 0) is 0 Å². The molecule has 1 aromatic rings. The van der Waals surface area contributed by atoms with Crippen LogP contribution < -0.4 is 59.8 Å². The average molecular weight is 342 g/mol. The molecule has 0 amide bonds. The molecule has 17 heavy (non-hydrogen) atoms. The van der Waals surface area contributed by atoms with Crippen LogP contribution in [0.2, 0.25) is 0 Å². The summed E-state index contributed by atoms with van der Waals surface area (Å²) in [5.74, 6) is 0.703. The molecule has 0 bridgehead atoms. The molecule has 0 aromatic heterocycles. The monoisotopic (exact) mass is 340 g/mol. The van der Waals surface area contributed by atoms with Gasteiger partial charge in [0.1, 0.15) is 5.75 Å². The van der Waals surface area contributed by atoms with Gasteiger partial charge in [0.05, 0.1) is 7.11 Å². The second kappa shape index (κ2) is 20.0. The molecular formula is C7H9BCl4Mg2O3. The molecule has 0 fully saturated rings. The molecule has 0 aliphatic heterocycles. The Labute approximate surface area is 159 Å². The molecule has 2 N–H and O–H groups in total. The van der Waals surface area contributed by atoms with Crippen LogP contribution in [0.4, 0.5) is 0 Å². The topological polar surface area (TPSA) is 49.7 Å². The molecule has 0 aliphatic carbocycles. The van der Waals surface area contributed by atoms with Gasteiger partial charge in [-0.25, -0.2) is 0 Å². The van der Waals surface area contributed by atoms with Gasteiger partial charge in [-0.3, -0.25) is 0 Å². The van der Waals surface area contributed by atoms with Crippen molar-refractivity contribution in [2.75, 3.05) is 7.11 Å². The number of rotatable bonds is 2. The van der Waals surface area contributed by atoms with Crippen LogP contribution in [0.25, 0.3) is 0 Å². The van der Waals surface area contributed by atoms with Crippen molar-refractivity contribution in [1.82, 2.24) is 0 Å². The molecule has 0 saturated heterocycles. The molecule has 1 rings (SSSR count). The molecular weight excluding hydrogens is 333 g/mol. The van der Waals surface area contributed by atoms with Gasteiger partial charge in [0.2, 0.25) is 0 Å². The summed E-state index contributed by atoms with van der Waals surface area (Å²) < 4.78 is 4.89. The van der Waals surface area contributed by atoms with Crippen molar-refractivity contribution in [2.24, 2.45) is 0 Å². The summed E-state index contributed by atoms with van der Waals surface area (Å²) in [6, 6.07) is 6.55. The number of benzene rings is 1. The third-order valence-electron chi connectivity index (χ3n) is 1.41. The first kappa shape index (κ1) is 36.3. The third kappa shape index (κ3) is 13.9. The molecule has 0 spiro atoms. The minimum atomic E-state index is -1.40. The molecule has 0 saturated carbocycles. The standard InChI is InChI=1S/C7H9BO3.4ClH.2Mg/c1-11-7-4-2-6(3-5-7)8(9)10;;;;;;/h2-5,9-10H,1H3;4*1H;;/q;;;;;2*+2/p-4. The van der Waals surface area contributed by atoms with Gasteiger partial charge >= 0.3 is 53.2 Å². The summed E-state index contributed by atoms with van der Waals surface area (Å²) in [7, 11) is 0.158. The Bertz CT molecular complexity index is 241. The van der Waals surface area contributed by atoms with E-state index in [0.717, 1.165) is 0 Å². The first-order chi connectivity index (χ1) is 5.24. The van der Waals surface area contributed by atoms with Gasteiger partial charge in [-0.15, -0.1) is 0 Å². The van der Waals surface area contributed by atoms with E-state index in [1.165, 1.54) is 0 Å². The van der Waals surface area contributed by atoms with Crippen LogP contribution in [0.3, 0.4) is 0 Å². The molecule has 0 unspecified atom stereocenters. The van der Waals surface area contributed by atoms with Crippen molar-refractivity contribution >= 4 is 58.7 Å². The number of hydrogen-bond acceptors (Lipinski definition) is 3. The van der Waals surface area contributed by atoms with Crippen molar-refractivity contribution in [3.8, 4) is 5.75 Å². The molecule has 90 valence electrons. The van der Waals surface area contributed by atoms with E-state index in [1.807, 2.05) is 0 Å². The Morgan fingerprint density at radius 2 is 1.24 bits per heavy atom. The zero-order valence-electron chi connectivity index (χ0n) is 9.12. The SMILES string of the molecule is COc1ccc(B(O)O)cc1.[Cl-].[Cl-].[Cl-].[Cl-].[Mg+2].[Mg+2]. The van der Waals surface area contributed by atoms with E-state index < -0.39 is 7.12 Å². The molecule has 0 atom stereocenters. The maximum Gasteiger partial charge on any atom is 2.00 e. The summed E-state index contributed by atoms with van der Waals surface area (Å²) in [6.45, 7) is 0. The third-order valence-corrected chi connectivity index (χ3v) is 1.41. The van der Waals surface area contributed by atoms with Gasteiger partial charge in [-0.2, -0.15) is 0 Å². The number of ether oxygens (including phenoxy) is 1. The van der Waals surface area contributed by atoms with Crippen LogP contribution >= 0.6 is 0 Å². The number of hydrogen-bond donors (Lipinski definition) is 2. The van der Waals surface area contributed by atoms with Crippen molar-refractivity contribution in [3.63, 3.8) is 0 Å². The molecule has 0 aliphatic rings. The second-order valence-corrected chi connectivity index (χ2v) is 2.15. The van der Waals surface area contributed by atoms with E-state index >= 15 is 0 Å². The summed E-state index contributed by atoms with van der Waals surface area (Å²) in [4.78, 5) is 0. The number of halogens is 4. The van der Waals surface area contributed by atoms with Crippen LogP contribution in [0.5, 0.6) is 5.75 Å². The van der Waals surface area contributed by atoms with E-state index in [4.69, 9.17) is 14.8 Å². The van der Waals surface area contributed by atoms with Gasteiger partial charge in [-0.05, 0) is 17.6 Å². The molecule has 3 nitrogen and oxygen atoms in total. The minimum absolute atomic E-state index is 0. The number of methoxy groups -OCH3 is 1. The fourth-order valence-electron chi connectivity index (χ4n) is 0.776. The Morgan fingerprint density at radius 3 is 1.47 bits per heavy atom. The molecule has 0 radical (unpaired) electrons. The first-order valence-corrected chi connectivity index (χ1v) is 3.24. The zero-order valence-corrected chi connectivity index (χ0v) is 15.0. The molecule has 1 aromatic carbocycles. The maximum atomic E-state index is 8.70. The maximum absolute atomic E-state index is 8.70. The second-order valence-electron chi connectivity index (χ2n) is 2.15. The first-order valence-electron chi connectivity index (χ1n) is 3.24. The van der Waals surface area contributed by atoms with E-state index in [-0.39, 0.29) is 95.7 Å². The van der Waals surface area contributed by atoms with Crippen molar-refractivity contribution in [3.05, 3.63) is 24.3 Å². The Morgan fingerprint density at radius 1 is 0.882 bits per heavy atom. The summed E-state index contributed by atoms with van der Waals surface area (Å²) in [5, 5.41) is 17.4. The van der Waals surface area contributed by atoms with Crippen LogP contribution in [0.1, 0.15) is 0 Å². The van der Waals surface area contributed by atoms with Crippen molar-refractivity contribution in [1.29, 1.82) is 0 Å². The Kier molecular flexibility index (Phi) is 42.8. The van der Waals surface area contributed by atoms with Crippen LogP contribution in [0.15, 0.2) is 24.3 Å². The quantitative estimate of drug-likeness (QED) is 0.525. The summed E-state index contributed by atoms with van der Waals surface area (Å²) in [5.41, 5.74) is 0.464. The van der Waals surface area contributed by atoms with E-state index in [1.54, 1.807) is 31.4 Å². The predicted octanol–water partition coefficient (Wildman–Crippen LogP) is -13.4. The fraction of sp³-hybridized carbons (Fsp3) is 0.143. The van der Waals surface area contributed by atoms with E-state index in [2.05, 4.69) is 0 Å². The molecule has 10 heteroatoms. The Balaban J connectivity index is -0.0000000504. The zero-order chi connectivity index (χ0) is 8.27. The van der Waals surface area contributed by atoms with Crippen molar-refractivity contribution < 1.29 is 64.4 Å². The summed E-state index contributed by atoms with van der Waals surface area (Å²) in [6.07, 6.45) is 0. The predicted molar refractivity (Wildman–Crippen MR) is 54.3 cm³/mol. The van der Waals surface area contributed by atoms with Gasteiger partial charge < -0.3 is 64.4 Å². The van der Waals surface area contributed by atoms with Crippen LogP contribution in [-0.4, -0.2) is 70.4 Å². The van der Waals surface area contributed by atoms with Crippen LogP contribution in [0, 0.1) is 0 Å². The van der Waals surface area contributed by atoms with Gasteiger partial charge in [-0.1, -0.05) is 12.1 Å². The van der Waals surface area contributed by atoms with Crippen molar-refractivity contribution in [2.45, 2.75) is 0 Å². The normalized spacial score (nSPS) is 6.06. The molecule has 0 heterocycles. The van der Waals surface area contributed by atoms with E-state index in [9.17, 15) is 0 Å². The summed E-state index contributed by atoms with van der Waals surface area (Å²) >= 11 is 0. The fourth-order valence-corrected chi connectivity index (χ4v) is 0.776. The largest absolute Gasteiger partial charge is 2.00 e. The minimum Gasteiger partial charge on any atom is -1.00 e. The average Bonchev–Trinajstić information content (AvgIpc) is 2.05. The van der Waals surface area contributed by atoms with Gasteiger partial charge in [0.15, 0.2) is 0 Å². The van der Waals surface area contributed by atoms with Gasteiger partial charge in [0.25, 0.3) is 0 Å². The smallest absolute Gasteiger partial charge is 1.00 e.